The first-order chi connectivity index (χ1) is 10.1. The van der Waals surface area contributed by atoms with Crippen molar-refractivity contribution in [2.24, 2.45) is 5.41 Å². The highest BCUT2D eigenvalue weighted by atomic mass is 32.2. The van der Waals surface area contributed by atoms with Gasteiger partial charge < -0.3 is 0 Å². The van der Waals surface area contributed by atoms with Crippen molar-refractivity contribution in [2.45, 2.75) is 70.6 Å². The van der Waals surface area contributed by atoms with Crippen LogP contribution >= 0.6 is 11.8 Å². The van der Waals surface area contributed by atoms with Crippen LogP contribution in [-0.2, 0) is 5.41 Å². The van der Waals surface area contributed by atoms with Gasteiger partial charge in [-0.1, -0.05) is 69.9 Å². The maximum atomic E-state index is 2.56. The second-order valence-electron chi connectivity index (χ2n) is 7.27. The van der Waals surface area contributed by atoms with E-state index < -0.39 is 0 Å². The van der Waals surface area contributed by atoms with Gasteiger partial charge in [0.05, 0.1) is 0 Å². The predicted octanol–water partition coefficient (Wildman–Crippen LogP) is 6.45. The third-order valence-corrected chi connectivity index (χ3v) is 6.67. The van der Waals surface area contributed by atoms with E-state index in [0.29, 0.717) is 10.8 Å². The van der Waals surface area contributed by atoms with Crippen molar-refractivity contribution in [2.75, 3.05) is 12.0 Å². The minimum atomic E-state index is 0.340. The second kappa shape index (κ2) is 7.72. The molecule has 0 nitrogen and oxygen atoms in total. The summed E-state index contributed by atoms with van der Waals surface area (Å²) in [6.07, 6.45) is 13.4. The fourth-order valence-corrected chi connectivity index (χ4v) is 4.70. The summed E-state index contributed by atoms with van der Waals surface area (Å²) >= 11 is 1.98. The van der Waals surface area contributed by atoms with Crippen LogP contribution in [0.15, 0.2) is 30.3 Å². The lowest BCUT2D eigenvalue weighted by molar-refractivity contribution is 0.0846. The van der Waals surface area contributed by atoms with Crippen molar-refractivity contribution in [1.29, 1.82) is 0 Å². The van der Waals surface area contributed by atoms with E-state index in [9.17, 15) is 0 Å². The maximum Gasteiger partial charge on any atom is -0.00215 e. The average molecular weight is 305 g/mol. The highest BCUT2D eigenvalue weighted by Gasteiger charge is 2.45. The van der Waals surface area contributed by atoms with Crippen LogP contribution in [0.1, 0.15) is 70.8 Å². The SMILES string of the molecule is CSCCCC[C@](C)(c1ccccc1)C1(C)CCCCC1. The van der Waals surface area contributed by atoms with Crippen LogP contribution in [0, 0.1) is 5.41 Å². The summed E-state index contributed by atoms with van der Waals surface area (Å²) in [7, 11) is 0. The topological polar surface area (TPSA) is 0 Å². The molecule has 0 bridgehead atoms. The normalized spacial score (nSPS) is 20.9. The predicted molar refractivity (Wildman–Crippen MR) is 97.2 cm³/mol. The van der Waals surface area contributed by atoms with E-state index in [1.54, 1.807) is 5.56 Å². The van der Waals surface area contributed by atoms with Gasteiger partial charge >= 0.3 is 0 Å². The van der Waals surface area contributed by atoms with E-state index in [2.05, 4.69) is 50.4 Å². The molecule has 0 aromatic heterocycles. The van der Waals surface area contributed by atoms with E-state index in [4.69, 9.17) is 0 Å². The molecule has 0 saturated heterocycles. The molecule has 0 amide bonds. The number of rotatable bonds is 7. The molecule has 0 spiro atoms. The van der Waals surface area contributed by atoms with Gasteiger partial charge in [-0.2, -0.15) is 11.8 Å². The van der Waals surface area contributed by atoms with Crippen LogP contribution in [0.3, 0.4) is 0 Å². The third kappa shape index (κ3) is 3.86. The zero-order valence-electron chi connectivity index (χ0n) is 14.2. The molecule has 1 aliphatic carbocycles. The Kier molecular flexibility index (Phi) is 6.22. The van der Waals surface area contributed by atoms with Crippen LogP contribution in [0.4, 0.5) is 0 Å². The minimum absolute atomic E-state index is 0.340. The summed E-state index contributed by atoms with van der Waals surface area (Å²) in [6, 6.07) is 11.3. The first-order valence-corrected chi connectivity index (χ1v) is 10.1. The van der Waals surface area contributed by atoms with Crippen molar-refractivity contribution >= 4 is 11.8 Å². The van der Waals surface area contributed by atoms with Crippen LogP contribution in [0.2, 0.25) is 0 Å². The first-order valence-electron chi connectivity index (χ1n) is 8.67. The van der Waals surface area contributed by atoms with E-state index in [0.717, 1.165) is 0 Å². The molecule has 1 heteroatoms. The molecule has 1 aromatic rings. The van der Waals surface area contributed by atoms with Crippen molar-refractivity contribution in [3.8, 4) is 0 Å². The molecule has 21 heavy (non-hydrogen) atoms. The molecule has 1 atom stereocenters. The molecule has 0 heterocycles. The zero-order chi connectivity index (χ0) is 15.2. The second-order valence-corrected chi connectivity index (χ2v) is 8.25. The molecule has 2 rings (SSSR count). The number of thioether (sulfide) groups is 1. The van der Waals surface area contributed by atoms with Gasteiger partial charge in [0, 0.05) is 0 Å². The molecule has 0 N–H and O–H groups in total. The standard InChI is InChI=1S/C20H32S/c1-19(14-8-5-9-15-19)20(2,16-10-11-17-21-3)18-12-6-4-7-13-18/h4,6-7,12-13H,5,8-11,14-17H2,1-3H3/t20-/m1/s1. The molecular weight excluding hydrogens is 272 g/mol. The minimum Gasteiger partial charge on any atom is -0.165 e. The molecule has 1 saturated carbocycles. The molecule has 1 aromatic carbocycles. The van der Waals surface area contributed by atoms with Gasteiger partial charge in [-0.3, -0.25) is 0 Å². The van der Waals surface area contributed by atoms with Crippen molar-refractivity contribution in [1.82, 2.24) is 0 Å². The lowest BCUT2D eigenvalue weighted by Crippen LogP contribution is -2.43. The first kappa shape index (κ1) is 16.9. The summed E-state index contributed by atoms with van der Waals surface area (Å²) in [5.41, 5.74) is 2.39. The third-order valence-electron chi connectivity index (χ3n) is 5.98. The van der Waals surface area contributed by atoms with Gasteiger partial charge in [0.1, 0.15) is 0 Å². The monoisotopic (exact) mass is 304 g/mol. The summed E-state index contributed by atoms with van der Waals surface area (Å²) in [6.45, 7) is 5.11. The lowest BCUT2D eigenvalue weighted by atomic mass is 9.54. The molecule has 0 unspecified atom stereocenters. The van der Waals surface area contributed by atoms with Crippen LogP contribution in [0.25, 0.3) is 0 Å². The van der Waals surface area contributed by atoms with E-state index in [1.165, 1.54) is 57.1 Å². The molecular formula is C20H32S. The summed E-state index contributed by atoms with van der Waals surface area (Å²) in [5.74, 6) is 1.31. The van der Waals surface area contributed by atoms with Crippen molar-refractivity contribution in [3.05, 3.63) is 35.9 Å². The lowest BCUT2D eigenvalue weighted by Gasteiger charge is -2.50. The molecule has 1 aliphatic rings. The zero-order valence-corrected chi connectivity index (χ0v) is 15.0. The Labute approximate surface area is 136 Å². The van der Waals surface area contributed by atoms with Crippen molar-refractivity contribution < 1.29 is 0 Å². The largest absolute Gasteiger partial charge is 0.165 e. The molecule has 1 fully saturated rings. The van der Waals surface area contributed by atoms with E-state index >= 15 is 0 Å². The van der Waals surface area contributed by atoms with Gasteiger partial charge in [-0.25, -0.2) is 0 Å². The molecule has 118 valence electrons. The van der Waals surface area contributed by atoms with Crippen LogP contribution in [0.5, 0.6) is 0 Å². The Morgan fingerprint density at radius 1 is 1.05 bits per heavy atom. The average Bonchev–Trinajstić information content (AvgIpc) is 2.53. The number of hydrogen-bond donors (Lipinski definition) is 0. The number of benzene rings is 1. The summed E-state index contributed by atoms with van der Waals surface area (Å²) in [4.78, 5) is 0. The molecule has 0 radical (unpaired) electrons. The summed E-state index contributed by atoms with van der Waals surface area (Å²) < 4.78 is 0. The Morgan fingerprint density at radius 2 is 1.71 bits per heavy atom. The van der Waals surface area contributed by atoms with Gasteiger partial charge in [-0.05, 0) is 54.1 Å². The number of hydrogen-bond acceptors (Lipinski definition) is 1. The fourth-order valence-electron chi connectivity index (χ4n) is 4.21. The Bertz CT molecular complexity index is 405. The Hall–Kier alpha value is -0.430. The van der Waals surface area contributed by atoms with Gasteiger partial charge in [0.15, 0.2) is 0 Å². The smallest absolute Gasteiger partial charge is 0.00215 e. The van der Waals surface area contributed by atoms with Crippen LogP contribution in [-0.4, -0.2) is 12.0 Å². The van der Waals surface area contributed by atoms with Crippen molar-refractivity contribution in [3.63, 3.8) is 0 Å². The maximum absolute atomic E-state index is 2.56. The van der Waals surface area contributed by atoms with E-state index in [-0.39, 0.29) is 0 Å². The summed E-state index contributed by atoms with van der Waals surface area (Å²) in [5, 5.41) is 0. The Balaban J connectivity index is 2.20. The van der Waals surface area contributed by atoms with Crippen LogP contribution < -0.4 is 0 Å². The van der Waals surface area contributed by atoms with E-state index in [1.807, 2.05) is 11.8 Å². The molecule has 0 aliphatic heterocycles. The van der Waals surface area contributed by atoms with Gasteiger partial charge in [-0.15, -0.1) is 0 Å². The van der Waals surface area contributed by atoms with Gasteiger partial charge in [0.25, 0.3) is 0 Å². The Morgan fingerprint density at radius 3 is 2.33 bits per heavy atom. The highest BCUT2D eigenvalue weighted by molar-refractivity contribution is 7.98. The number of unbranched alkanes of at least 4 members (excludes halogenated alkanes) is 1. The van der Waals surface area contributed by atoms with Gasteiger partial charge in [0.2, 0.25) is 0 Å². The fraction of sp³-hybridized carbons (Fsp3) is 0.700. The highest BCUT2D eigenvalue weighted by Crippen LogP contribution is 2.53. The quantitative estimate of drug-likeness (QED) is 0.522.